The van der Waals surface area contributed by atoms with E-state index in [0.29, 0.717) is 70.7 Å². The minimum absolute atomic E-state index is 0.0413. The number of nitrogens with zero attached hydrogens (tertiary/aromatic N) is 4. The van der Waals surface area contributed by atoms with E-state index in [4.69, 9.17) is 16.3 Å². The number of halogens is 1. The van der Waals surface area contributed by atoms with Crippen molar-refractivity contribution in [2.24, 2.45) is 16.7 Å². The zero-order chi connectivity index (χ0) is 41.3. The minimum Gasteiger partial charge on any atom is -0.489 e. The van der Waals surface area contributed by atoms with Gasteiger partial charge in [0.25, 0.3) is 17.7 Å². The van der Waals surface area contributed by atoms with E-state index in [1.54, 1.807) is 54.6 Å². The molecule has 5 aliphatic rings. The number of nitrogens with one attached hydrogen (secondary N) is 2. The maximum Gasteiger partial charge on any atom is 0.262 e. The Balaban J connectivity index is 0.815. The van der Waals surface area contributed by atoms with E-state index in [1.165, 1.54) is 0 Å². The highest BCUT2D eigenvalue weighted by Crippen LogP contribution is 2.56. The highest BCUT2D eigenvalue weighted by molar-refractivity contribution is 6.31. The summed E-state index contributed by atoms with van der Waals surface area (Å²) in [4.78, 5) is 69.4. The predicted molar refractivity (Wildman–Crippen MR) is 212 cm³/mol. The van der Waals surface area contributed by atoms with E-state index in [9.17, 15) is 34.3 Å². The van der Waals surface area contributed by atoms with Gasteiger partial charge in [-0.1, -0.05) is 51.4 Å². The molecule has 0 radical (unpaired) electrons. The summed E-state index contributed by atoms with van der Waals surface area (Å²) < 4.78 is 6.38. The molecule has 2 saturated heterocycles. The molecule has 302 valence electrons. The van der Waals surface area contributed by atoms with Crippen LogP contribution in [-0.2, 0) is 22.7 Å². The molecule has 1 saturated carbocycles. The van der Waals surface area contributed by atoms with Gasteiger partial charge in [-0.15, -0.1) is 0 Å². The zero-order valence-electron chi connectivity index (χ0n) is 33.0. The van der Waals surface area contributed by atoms with Gasteiger partial charge in [0.15, 0.2) is 0 Å². The van der Waals surface area contributed by atoms with Crippen molar-refractivity contribution in [1.29, 1.82) is 5.26 Å². The van der Waals surface area contributed by atoms with Crippen LogP contribution < -0.4 is 15.4 Å². The standard InChI is InChI=1S/C44H47ClN6O7/c1-43(2)41(44(3,4)42(43)58-30-10-9-27(20-46)33(45)19-30)48-36(53)25-5-7-26(8-6-25)38(55)50-15-13-24(14-16-50)21-49-22-28-17-31-32(18-29(28)23-49)40(57)51(39(31)56)34-11-12-35(52)47-37(34)54/h5-10,17-19,24,34,36,41-42,48,53H,11-16,21-23H2,1-4H3,(H,47,52,54)/t34?,36?,41-,42-. The third kappa shape index (κ3) is 6.96. The largest absolute Gasteiger partial charge is 0.489 e. The smallest absolute Gasteiger partial charge is 0.262 e. The number of imide groups is 2. The van der Waals surface area contributed by atoms with Crippen LogP contribution in [0.2, 0.25) is 5.02 Å². The number of hydrogen-bond donors (Lipinski definition) is 3. The van der Waals surface area contributed by atoms with E-state index in [2.05, 4.69) is 49.3 Å². The van der Waals surface area contributed by atoms with Crippen LogP contribution in [0.1, 0.15) is 113 Å². The number of likely N-dealkylation sites (tertiary alicyclic amines) is 1. The fraction of sp³-hybridized carbons (Fsp3) is 0.455. The topological polar surface area (TPSA) is 172 Å². The maximum absolute atomic E-state index is 13.5. The van der Waals surface area contributed by atoms with Crippen molar-refractivity contribution in [1.82, 2.24) is 25.3 Å². The Kier molecular flexibility index (Phi) is 10.2. The fourth-order valence-electron chi connectivity index (χ4n) is 10.1. The lowest BCUT2D eigenvalue weighted by molar-refractivity contribution is -0.179. The summed E-state index contributed by atoms with van der Waals surface area (Å²) >= 11 is 6.24. The third-order valence-electron chi connectivity index (χ3n) is 12.9. The summed E-state index contributed by atoms with van der Waals surface area (Å²) in [5.41, 5.74) is 3.50. The number of nitriles is 1. The Labute approximate surface area is 342 Å². The monoisotopic (exact) mass is 806 g/mol. The van der Waals surface area contributed by atoms with Crippen LogP contribution in [-0.4, -0.2) is 87.2 Å². The van der Waals surface area contributed by atoms with Crippen LogP contribution in [0.3, 0.4) is 0 Å². The van der Waals surface area contributed by atoms with Gasteiger partial charge in [0.2, 0.25) is 11.8 Å². The number of piperidine rings is 2. The molecule has 3 fully saturated rings. The molecule has 1 aliphatic carbocycles. The molecule has 2 atom stereocenters. The molecule has 0 spiro atoms. The van der Waals surface area contributed by atoms with Gasteiger partial charge in [-0.05, 0) is 78.3 Å². The van der Waals surface area contributed by atoms with Gasteiger partial charge >= 0.3 is 0 Å². The lowest BCUT2D eigenvalue weighted by Crippen LogP contribution is -2.74. The summed E-state index contributed by atoms with van der Waals surface area (Å²) in [5.74, 6) is -1.09. The van der Waals surface area contributed by atoms with Crippen LogP contribution >= 0.6 is 11.6 Å². The number of amides is 5. The van der Waals surface area contributed by atoms with Crippen LogP contribution in [0.25, 0.3) is 0 Å². The molecule has 3 aromatic carbocycles. The Hall–Kier alpha value is -5.13. The quantitative estimate of drug-likeness (QED) is 0.199. The molecule has 0 bridgehead atoms. The average Bonchev–Trinajstić information content (AvgIpc) is 3.70. The van der Waals surface area contributed by atoms with Gasteiger partial charge in [-0.3, -0.25) is 44.4 Å². The number of rotatable bonds is 9. The van der Waals surface area contributed by atoms with Gasteiger partial charge in [-0.2, -0.15) is 5.26 Å². The Morgan fingerprint density at radius 1 is 0.948 bits per heavy atom. The number of aliphatic hydroxyl groups excluding tert-OH is 1. The molecule has 13 nitrogen and oxygen atoms in total. The van der Waals surface area contributed by atoms with E-state index in [1.807, 2.05) is 4.90 Å². The SMILES string of the molecule is CC1(C)[C@H](NC(O)c2ccc(C(=O)N3CCC(CN4Cc5cc6c(cc5C4)C(=O)N(C4CCC(=O)NC4=O)C6=O)CC3)cc2)C(C)(C)[C@H]1Oc1ccc(C#N)c(Cl)c1. The van der Waals surface area contributed by atoms with Crippen LogP contribution in [0.15, 0.2) is 54.6 Å². The van der Waals surface area contributed by atoms with Crippen molar-refractivity contribution in [3.8, 4) is 11.8 Å². The molecule has 5 amide bonds. The van der Waals surface area contributed by atoms with Crippen molar-refractivity contribution in [3.63, 3.8) is 0 Å². The number of ether oxygens (including phenoxy) is 1. The summed E-state index contributed by atoms with van der Waals surface area (Å²) in [5, 5.41) is 26.4. The Bertz CT molecular complexity index is 2200. The molecular formula is C44H47ClN6O7. The lowest BCUT2D eigenvalue weighted by atomic mass is 9.49. The van der Waals surface area contributed by atoms with Crippen molar-refractivity contribution in [2.45, 2.75) is 90.9 Å². The van der Waals surface area contributed by atoms with Gasteiger partial charge in [0, 0.05) is 67.6 Å². The second-order valence-electron chi connectivity index (χ2n) is 17.5. The minimum atomic E-state index is -0.985. The first-order chi connectivity index (χ1) is 27.6. The molecule has 0 aromatic heterocycles. The highest BCUT2D eigenvalue weighted by Gasteiger charge is 2.64. The zero-order valence-corrected chi connectivity index (χ0v) is 33.8. The van der Waals surface area contributed by atoms with E-state index in [0.717, 1.165) is 35.4 Å². The van der Waals surface area contributed by atoms with Gasteiger partial charge < -0.3 is 14.7 Å². The van der Waals surface area contributed by atoms with E-state index in [-0.39, 0.29) is 41.7 Å². The van der Waals surface area contributed by atoms with Crippen LogP contribution in [0.4, 0.5) is 0 Å². The second kappa shape index (κ2) is 14.9. The number of aliphatic hydroxyl groups is 1. The van der Waals surface area contributed by atoms with Crippen molar-refractivity contribution >= 4 is 41.1 Å². The van der Waals surface area contributed by atoms with Gasteiger partial charge in [-0.25, -0.2) is 0 Å². The summed E-state index contributed by atoms with van der Waals surface area (Å²) in [6, 6.07) is 16.7. The summed E-state index contributed by atoms with van der Waals surface area (Å²) in [7, 11) is 0. The molecule has 3 aromatic rings. The lowest BCUT2D eigenvalue weighted by Gasteiger charge is -2.63. The van der Waals surface area contributed by atoms with E-state index >= 15 is 0 Å². The normalized spacial score (nSPS) is 24.5. The number of benzene rings is 3. The first kappa shape index (κ1) is 39.7. The van der Waals surface area contributed by atoms with Crippen molar-refractivity contribution in [3.05, 3.63) is 98.6 Å². The molecule has 4 aliphatic heterocycles. The number of carbonyl (C=O) groups excluding carboxylic acids is 5. The summed E-state index contributed by atoms with van der Waals surface area (Å²) in [6.45, 7) is 11.7. The van der Waals surface area contributed by atoms with Gasteiger partial charge in [0.1, 0.15) is 30.2 Å². The average molecular weight is 807 g/mol. The molecule has 14 heteroatoms. The molecule has 2 unspecified atom stereocenters. The maximum atomic E-state index is 13.5. The highest BCUT2D eigenvalue weighted by atomic mass is 35.5. The first-order valence-electron chi connectivity index (χ1n) is 19.9. The Morgan fingerprint density at radius 2 is 1.57 bits per heavy atom. The first-order valence-corrected chi connectivity index (χ1v) is 20.2. The van der Waals surface area contributed by atoms with Crippen LogP contribution in [0, 0.1) is 28.1 Å². The van der Waals surface area contributed by atoms with Crippen molar-refractivity contribution < 1.29 is 33.8 Å². The van der Waals surface area contributed by atoms with Crippen molar-refractivity contribution in [2.75, 3.05) is 19.6 Å². The van der Waals surface area contributed by atoms with E-state index < -0.39 is 35.9 Å². The van der Waals surface area contributed by atoms with Crippen LogP contribution in [0.5, 0.6) is 5.75 Å². The molecule has 58 heavy (non-hydrogen) atoms. The Morgan fingerprint density at radius 3 is 2.14 bits per heavy atom. The predicted octanol–water partition coefficient (Wildman–Crippen LogP) is 4.94. The van der Waals surface area contributed by atoms with Gasteiger partial charge in [0.05, 0.1) is 21.7 Å². The molecule has 8 rings (SSSR count). The molecule has 3 N–H and O–H groups in total. The number of hydrogen-bond acceptors (Lipinski definition) is 10. The molecule has 4 heterocycles. The number of carbonyl (C=O) groups is 5. The second-order valence-corrected chi connectivity index (χ2v) is 17.9. The fourth-order valence-corrected chi connectivity index (χ4v) is 10.4. The molecular weight excluding hydrogens is 760 g/mol. The third-order valence-corrected chi connectivity index (χ3v) is 13.2. The number of fused-ring (bicyclic) bond motifs is 2. The summed E-state index contributed by atoms with van der Waals surface area (Å²) in [6.07, 6.45) is 0.759.